The van der Waals surface area contributed by atoms with Crippen LogP contribution in [-0.4, -0.2) is 0 Å². The van der Waals surface area contributed by atoms with Crippen molar-refractivity contribution in [1.82, 2.24) is 0 Å². The largest absolute Gasteiger partial charge is 0.489 e. The topological polar surface area (TPSA) is 9.23 Å². The molecule has 2 rings (SSSR count). The fraction of sp³-hybridized carbons (Fsp3) is 0.429. The Kier molecular flexibility index (Phi) is 4.95. The van der Waals surface area contributed by atoms with E-state index in [9.17, 15) is 0 Å². The zero-order valence-corrected chi connectivity index (χ0v) is 14.7. The van der Waals surface area contributed by atoms with Gasteiger partial charge in [0, 0.05) is 0 Å². The first kappa shape index (κ1) is 16.6. The van der Waals surface area contributed by atoms with Crippen molar-refractivity contribution >= 4 is 0 Å². The van der Waals surface area contributed by atoms with Crippen molar-refractivity contribution in [2.45, 2.75) is 59.5 Å². The number of rotatable bonds is 4. The van der Waals surface area contributed by atoms with E-state index in [0.29, 0.717) is 12.5 Å². The minimum Gasteiger partial charge on any atom is -0.489 e. The standard InChI is InChI=1S/C21H28O/c1-15(2)18-11-19(21(4,5)6)13-20(12-18)22-14-17-10-8-7-9-16(17)3/h7-13,15H,14H2,1-6H3. The Morgan fingerprint density at radius 3 is 2.27 bits per heavy atom. The molecule has 0 fully saturated rings. The molecular weight excluding hydrogens is 268 g/mol. The summed E-state index contributed by atoms with van der Waals surface area (Å²) in [7, 11) is 0. The number of benzene rings is 2. The molecule has 0 amide bonds. The molecule has 2 aromatic rings. The zero-order chi connectivity index (χ0) is 16.3. The summed E-state index contributed by atoms with van der Waals surface area (Å²) in [5, 5.41) is 0. The third-order valence-corrected chi connectivity index (χ3v) is 4.12. The van der Waals surface area contributed by atoms with Crippen LogP contribution in [0.1, 0.15) is 62.8 Å². The highest BCUT2D eigenvalue weighted by atomic mass is 16.5. The van der Waals surface area contributed by atoms with Gasteiger partial charge in [0.1, 0.15) is 12.4 Å². The summed E-state index contributed by atoms with van der Waals surface area (Å²) in [6.45, 7) is 14.0. The molecule has 0 spiro atoms. The van der Waals surface area contributed by atoms with Crippen LogP contribution in [-0.2, 0) is 12.0 Å². The first-order valence-corrected chi connectivity index (χ1v) is 8.10. The summed E-state index contributed by atoms with van der Waals surface area (Å²) >= 11 is 0. The number of aryl methyl sites for hydroxylation is 1. The van der Waals surface area contributed by atoms with E-state index in [1.54, 1.807) is 0 Å². The smallest absolute Gasteiger partial charge is 0.120 e. The van der Waals surface area contributed by atoms with Gasteiger partial charge in [0.15, 0.2) is 0 Å². The number of hydrogen-bond acceptors (Lipinski definition) is 1. The Morgan fingerprint density at radius 1 is 1.00 bits per heavy atom. The molecule has 0 saturated heterocycles. The van der Waals surface area contributed by atoms with Crippen LogP contribution in [0.15, 0.2) is 42.5 Å². The van der Waals surface area contributed by atoms with Gasteiger partial charge in [0.2, 0.25) is 0 Å². The summed E-state index contributed by atoms with van der Waals surface area (Å²) in [6, 6.07) is 15.1. The lowest BCUT2D eigenvalue weighted by Crippen LogP contribution is -2.12. The molecular formula is C21H28O. The number of hydrogen-bond donors (Lipinski definition) is 0. The molecule has 0 aliphatic carbocycles. The van der Waals surface area contributed by atoms with E-state index in [0.717, 1.165) is 5.75 Å². The highest BCUT2D eigenvalue weighted by Crippen LogP contribution is 2.31. The van der Waals surface area contributed by atoms with E-state index >= 15 is 0 Å². The quantitative estimate of drug-likeness (QED) is 0.673. The normalized spacial score (nSPS) is 11.8. The Morgan fingerprint density at radius 2 is 1.68 bits per heavy atom. The van der Waals surface area contributed by atoms with Crippen LogP contribution in [0.5, 0.6) is 5.75 Å². The molecule has 0 heterocycles. The van der Waals surface area contributed by atoms with Crippen LogP contribution in [0.25, 0.3) is 0 Å². The summed E-state index contributed by atoms with van der Waals surface area (Å²) in [4.78, 5) is 0. The molecule has 0 saturated carbocycles. The Balaban J connectivity index is 2.27. The first-order chi connectivity index (χ1) is 10.3. The second-order valence-electron chi connectivity index (χ2n) is 7.41. The lowest BCUT2D eigenvalue weighted by molar-refractivity contribution is 0.304. The van der Waals surface area contributed by atoms with Crippen LogP contribution in [0, 0.1) is 6.92 Å². The third kappa shape index (κ3) is 4.13. The molecule has 0 bridgehead atoms. The molecule has 0 aliphatic heterocycles. The van der Waals surface area contributed by atoms with E-state index in [1.807, 2.05) is 0 Å². The lowest BCUT2D eigenvalue weighted by atomic mass is 9.84. The van der Waals surface area contributed by atoms with Gasteiger partial charge in [-0.2, -0.15) is 0 Å². The second-order valence-corrected chi connectivity index (χ2v) is 7.41. The highest BCUT2D eigenvalue weighted by molar-refractivity contribution is 5.39. The summed E-state index contributed by atoms with van der Waals surface area (Å²) in [5.74, 6) is 1.47. The Hall–Kier alpha value is -1.76. The van der Waals surface area contributed by atoms with Crippen LogP contribution < -0.4 is 4.74 Å². The van der Waals surface area contributed by atoms with Crippen LogP contribution in [0.2, 0.25) is 0 Å². The average Bonchev–Trinajstić information content (AvgIpc) is 2.45. The van der Waals surface area contributed by atoms with E-state index in [2.05, 4.69) is 84.0 Å². The van der Waals surface area contributed by atoms with Gasteiger partial charge in [0.25, 0.3) is 0 Å². The van der Waals surface area contributed by atoms with Gasteiger partial charge >= 0.3 is 0 Å². The van der Waals surface area contributed by atoms with Crippen molar-refractivity contribution in [2.75, 3.05) is 0 Å². The molecule has 1 heteroatoms. The van der Waals surface area contributed by atoms with Crippen molar-refractivity contribution in [2.24, 2.45) is 0 Å². The molecule has 1 nitrogen and oxygen atoms in total. The minimum absolute atomic E-state index is 0.131. The van der Waals surface area contributed by atoms with Gasteiger partial charge in [-0.1, -0.05) is 65.0 Å². The zero-order valence-electron chi connectivity index (χ0n) is 14.7. The predicted molar refractivity (Wildman–Crippen MR) is 94.7 cm³/mol. The van der Waals surface area contributed by atoms with Crippen LogP contribution in [0.3, 0.4) is 0 Å². The van der Waals surface area contributed by atoms with Gasteiger partial charge in [-0.3, -0.25) is 0 Å². The first-order valence-electron chi connectivity index (χ1n) is 8.10. The van der Waals surface area contributed by atoms with E-state index in [1.165, 1.54) is 22.3 Å². The highest BCUT2D eigenvalue weighted by Gasteiger charge is 2.16. The summed E-state index contributed by atoms with van der Waals surface area (Å²) in [6.07, 6.45) is 0. The maximum atomic E-state index is 6.10. The van der Waals surface area contributed by atoms with Crippen molar-refractivity contribution in [1.29, 1.82) is 0 Å². The van der Waals surface area contributed by atoms with Crippen molar-refractivity contribution in [3.8, 4) is 5.75 Å². The van der Waals surface area contributed by atoms with Gasteiger partial charge in [-0.25, -0.2) is 0 Å². The fourth-order valence-electron chi connectivity index (χ4n) is 2.40. The maximum absolute atomic E-state index is 6.10. The van der Waals surface area contributed by atoms with Gasteiger partial charge < -0.3 is 4.74 Å². The summed E-state index contributed by atoms with van der Waals surface area (Å²) < 4.78 is 6.10. The molecule has 0 radical (unpaired) electrons. The second kappa shape index (κ2) is 6.56. The average molecular weight is 296 g/mol. The fourth-order valence-corrected chi connectivity index (χ4v) is 2.40. The predicted octanol–water partition coefficient (Wildman–Crippen LogP) is 5.99. The Labute approximate surface area is 135 Å². The SMILES string of the molecule is Cc1ccccc1COc1cc(C(C)C)cc(C(C)(C)C)c1. The minimum atomic E-state index is 0.131. The lowest BCUT2D eigenvalue weighted by Gasteiger charge is -2.22. The molecule has 2 aromatic carbocycles. The number of ether oxygens (including phenoxy) is 1. The van der Waals surface area contributed by atoms with Crippen molar-refractivity contribution < 1.29 is 4.74 Å². The molecule has 0 N–H and O–H groups in total. The molecule has 118 valence electrons. The van der Waals surface area contributed by atoms with Gasteiger partial charge in [-0.05, 0) is 52.6 Å². The van der Waals surface area contributed by atoms with Crippen molar-refractivity contribution in [3.63, 3.8) is 0 Å². The third-order valence-electron chi connectivity index (χ3n) is 4.12. The van der Waals surface area contributed by atoms with E-state index in [4.69, 9.17) is 4.74 Å². The molecule has 0 aliphatic rings. The summed E-state index contributed by atoms with van der Waals surface area (Å²) in [5.41, 5.74) is 5.32. The molecule has 22 heavy (non-hydrogen) atoms. The van der Waals surface area contributed by atoms with Crippen LogP contribution in [0.4, 0.5) is 0 Å². The maximum Gasteiger partial charge on any atom is 0.120 e. The molecule has 0 unspecified atom stereocenters. The monoisotopic (exact) mass is 296 g/mol. The van der Waals surface area contributed by atoms with E-state index in [-0.39, 0.29) is 5.41 Å². The van der Waals surface area contributed by atoms with Gasteiger partial charge in [0.05, 0.1) is 0 Å². The van der Waals surface area contributed by atoms with Crippen LogP contribution >= 0.6 is 0 Å². The molecule has 0 atom stereocenters. The van der Waals surface area contributed by atoms with Gasteiger partial charge in [-0.15, -0.1) is 0 Å². The van der Waals surface area contributed by atoms with Crippen molar-refractivity contribution in [3.05, 3.63) is 64.7 Å². The van der Waals surface area contributed by atoms with E-state index < -0.39 is 0 Å². The Bertz CT molecular complexity index is 633. The molecule has 0 aromatic heterocycles.